The van der Waals surface area contributed by atoms with Gasteiger partial charge in [0.2, 0.25) is 0 Å². The fourth-order valence-corrected chi connectivity index (χ4v) is 7.80. The summed E-state index contributed by atoms with van der Waals surface area (Å²) in [5.74, 6) is -0.714. The molecule has 0 amide bonds. The second-order valence-corrected chi connectivity index (χ2v) is 13.7. The number of methoxy groups -OCH3 is 1. The summed E-state index contributed by atoms with van der Waals surface area (Å²) in [4.78, 5) is 31.7. The van der Waals surface area contributed by atoms with Crippen LogP contribution in [0.2, 0.25) is 5.15 Å². The van der Waals surface area contributed by atoms with E-state index in [0.717, 1.165) is 25.2 Å². The topological polar surface area (TPSA) is 196 Å². The molecule has 4 rings (SSSR count). The molecule has 2 fully saturated rings. The van der Waals surface area contributed by atoms with Gasteiger partial charge < -0.3 is 39.5 Å². The number of nitrogens with zero attached hydrogens (tertiary/aromatic N) is 3. The summed E-state index contributed by atoms with van der Waals surface area (Å²) in [6.07, 6.45) is 2.34. The van der Waals surface area contributed by atoms with Crippen LogP contribution in [0.3, 0.4) is 0 Å². The third-order valence-corrected chi connectivity index (χ3v) is 10.4. The Kier molecular flexibility index (Phi) is 7.68. The fraction of sp³-hybridized carbons (Fsp3) is 0.684. The van der Waals surface area contributed by atoms with E-state index in [4.69, 9.17) is 30.6 Å². The number of aromatic nitrogens is 3. The van der Waals surface area contributed by atoms with Gasteiger partial charge in [0, 0.05) is 18.7 Å². The van der Waals surface area contributed by atoms with Gasteiger partial charge in [0.25, 0.3) is 0 Å². The monoisotopic (exact) mass is 554 g/mol. The number of ether oxygens (including phenoxy) is 1. The molecule has 16 heteroatoms. The minimum atomic E-state index is -4.82. The maximum atomic E-state index is 11.9. The summed E-state index contributed by atoms with van der Waals surface area (Å²) >= 11 is 6.25. The molecule has 0 spiro atoms. The Labute approximate surface area is 206 Å². The molecule has 2 aliphatic rings. The molecular formula is C19H29ClN4O9P2. The quantitative estimate of drug-likeness (QED) is 0.221. The molecule has 0 aliphatic heterocycles. The Morgan fingerprint density at radius 2 is 1.97 bits per heavy atom. The summed E-state index contributed by atoms with van der Waals surface area (Å²) in [5.41, 5.74) is 1.24. The molecule has 4 atom stereocenters. The number of nitrogens with one attached hydrogen (secondary N) is 1. The van der Waals surface area contributed by atoms with E-state index in [1.165, 1.54) is 30.7 Å². The van der Waals surface area contributed by atoms with Gasteiger partial charge in [-0.1, -0.05) is 11.6 Å². The van der Waals surface area contributed by atoms with Gasteiger partial charge in [-0.25, -0.2) is 9.50 Å². The van der Waals surface area contributed by atoms with Gasteiger partial charge in [-0.15, -0.1) is 0 Å². The second-order valence-electron chi connectivity index (χ2n) is 9.30. The molecule has 1 unspecified atom stereocenters. The van der Waals surface area contributed by atoms with Crippen molar-refractivity contribution >= 4 is 38.0 Å². The molecule has 196 valence electrons. The van der Waals surface area contributed by atoms with Crippen LogP contribution in [-0.4, -0.2) is 76.9 Å². The Bertz CT molecular complexity index is 1170. The molecule has 6 N–H and O–H groups in total. The number of hydrogen-bond acceptors (Lipinski definition) is 9. The van der Waals surface area contributed by atoms with Crippen molar-refractivity contribution in [3.8, 4) is 0 Å². The highest BCUT2D eigenvalue weighted by Crippen LogP contribution is 2.55. The number of aliphatic hydroxyl groups is 2. The van der Waals surface area contributed by atoms with Crippen LogP contribution in [0.5, 0.6) is 0 Å². The summed E-state index contributed by atoms with van der Waals surface area (Å²) in [6.45, 7) is -0.726. The molecule has 0 radical (unpaired) electrons. The maximum Gasteiger partial charge on any atom is 0.340 e. The summed E-state index contributed by atoms with van der Waals surface area (Å²) in [5, 5.41) is 29.5. The molecule has 2 aromatic heterocycles. The van der Waals surface area contributed by atoms with Crippen molar-refractivity contribution < 1.29 is 43.3 Å². The highest BCUT2D eigenvalue weighted by Gasteiger charge is 2.45. The number of fused-ring (bicyclic) bond motifs is 3. The predicted octanol–water partition coefficient (Wildman–Crippen LogP) is 1.87. The van der Waals surface area contributed by atoms with Crippen LogP contribution >= 0.6 is 26.8 Å². The second kappa shape index (κ2) is 9.98. The first-order valence-electron chi connectivity index (χ1n) is 11.0. The van der Waals surface area contributed by atoms with E-state index in [0.29, 0.717) is 11.2 Å². The maximum absolute atomic E-state index is 11.9. The first-order chi connectivity index (χ1) is 16.3. The average Bonchev–Trinajstić information content (AvgIpc) is 3.46. The molecule has 2 saturated carbocycles. The van der Waals surface area contributed by atoms with E-state index in [2.05, 4.69) is 15.4 Å². The van der Waals surface area contributed by atoms with Crippen molar-refractivity contribution in [1.82, 2.24) is 14.6 Å². The van der Waals surface area contributed by atoms with Gasteiger partial charge in [-0.3, -0.25) is 9.13 Å². The largest absolute Gasteiger partial charge is 0.387 e. The van der Waals surface area contributed by atoms with Crippen molar-refractivity contribution in [3.63, 3.8) is 0 Å². The Hall–Kier alpha value is -1.11. The highest BCUT2D eigenvalue weighted by molar-refractivity contribution is 7.70. The SMILES string of the molecule is CO[C@H](COP(=O)(O)CP(=O)(O)O)[C@@H](O)[C@@H](O)c1ncc2c(NC34CCC(CC3)C4)cc(Cl)nn12. The minimum Gasteiger partial charge on any atom is -0.387 e. The number of halogens is 1. The molecular weight excluding hydrogens is 526 g/mol. The first kappa shape index (κ1) is 26.9. The Morgan fingerprint density at radius 3 is 2.54 bits per heavy atom. The molecule has 2 aromatic rings. The molecule has 0 aromatic carbocycles. The van der Waals surface area contributed by atoms with Crippen LogP contribution in [0.15, 0.2) is 12.3 Å². The van der Waals surface area contributed by atoms with Crippen LogP contribution in [0.1, 0.15) is 44.0 Å². The van der Waals surface area contributed by atoms with Gasteiger partial charge in [0.1, 0.15) is 23.8 Å². The average molecular weight is 555 g/mol. The molecule has 2 bridgehead atoms. The van der Waals surface area contributed by atoms with Crippen LogP contribution < -0.4 is 5.32 Å². The smallest absolute Gasteiger partial charge is 0.340 e. The molecule has 2 heterocycles. The van der Waals surface area contributed by atoms with Crippen LogP contribution in [0.4, 0.5) is 5.69 Å². The Morgan fingerprint density at radius 1 is 1.29 bits per heavy atom. The summed E-state index contributed by atoms with van der Waals surface area (Å²) in [6, 6.07) is 1.69. The lowest BCUT2D eigenvalue weighted by Crippen LogP contribution is -2.38. The zero-order chi connectivity index (χ0) is 25.6. The predicted molar refractivity (Wildman–Crippen MR) is 125 cm³/mol. The van der Waals surface area contributed by atoms with E-state index in [9.17, 15) is 24.2 Å². The van der Waals surface area contributed by atoms with Gasteiger partial charge in [0.15, 0.2) is 16.9 Å². The zero-order valence-corrected chi connectivity index (χ0v) is 21.4. The standard InChI is InChI=1S/C19H29ClN4O9P2/c1-32-14(9-33-35(30,31)10-34(27,28)29)16(25)17(26)18-21-8-13-12(6-15(20)23-24(13)18)22-19-4-2-11(7-19)3-5-19/h6,8,11,14,16-17,22,25-26H,2-5,7,9-10H2,1H3,(H,30,31)(H2,27,28,29)/t11?,14-,16-,17-,19?/m1/s1. The molecule has 0 saturated heterocycles. The summed E-state index contributed by atoms with van der Waals surface area (Å²) < 4.78 is 34.0. The lowest BCUT2D eigenvalue weighted by molar-refractivity contribution is -0.0937. The van der Waals surface area contributed by atoms with E-state index in [1.807, 2.05) is 0 Å². The first-order valence-corrected chi connectivity index (χ1v) is 15.0. The van der Waals surface area contributed by atoms with E-state index in [1.54, 1.807) is 6.07 Å². The van der Waals surface area contributed by atoms with Gasteiger partial charge in [-0.2, -0.15) is 5.10 Å². The van der Waals surface area contributed by atoms with E-state index < -0.39 is 46.0 Å². The van der Waals surface area contributed by atoms with Gasteiger partial charge >= 0.3 is 15.2 Å². The van der Waals surface area contributed by atoms with Gasteiger partial charge in [-0.05, 0) is 38.0 Å². The van der Waals surface area contributed by atoms with Crippen molar-refractivity contribution in [2.45, 2.75) is 56.0 Å². The number of rotatable bonds is 11. The molecule has 13 nitrogen and oxygen atoms in total. The number of aliphatic hydroxyl groups excluding tert-OH is 2. The minimum absolute atomic E-state index is 0.0117. The van der Waals surface area contributed by atoms with Crippen LogP contribution in [-0.2, 0) is 18.4 Å². The molecule has 2 aliphatic carbocycles. The van der Waals surface area contributed by atoms with Crippen LogP contribution in [0.25, 0.3) is 5.52 Å². The lowest BCUT2D eigenvalue weighted by Gasteiger charge is -2.29. The highest BCUT2D eigenvalue weighted by atomic mass is 35.5. The normalized spacial score (nSPS) is 26.5. The zero-order valence-electron chi connectivity index (χ0n) is 18.9. The van der Waals surface area contributed by atoms with Gasteiger partial charge in [0.05, 0.1) is 18.5 Å². The number of hydrogen-bond donors (Lipinski definition) is 6. The van der Waals surface area contributed by atoms with Crippen molar-refractivity contribution in [2.24, 2.45) is 5.92 Å². The van der Waals surface area contributed by atoms with Crippen molar-refractivity contribution in [1.29, 1.82) is 0 Å². The number of anilines is 1. The third-order valence-electron chi connectivity index (χ3n) is 6.72. The Balaban J connectivity index is 1.52. The van der Waals surface area contributed by atoms with Crippen molar-refractivity contribution in [2.75, 3.05) is 24.9 Å². The van der Waals surface area contributed by atoms with Crippen LogP contribution in [0, 0.1) is 5.92 Å². The summed E-state index contributed by atoms with van der Waals surface area (Å²) in [7, 11) is -8.33. The lowest BCUT2D eigenvalue weighted by atomic mass is 9.93. The molecule has 35 heavy (non-hydrogen) atoms. The van der Waals surface area contributed by atoms with E-state index in [-0.39, 0.29) is 16.5 Å². The van der Waals surface area contributed by atoms with E-state index >= 15 is 0 Å². The fourth-order valence-electron chi connectivity index (χ4n) is 5.05. The third kappa shape index (κ3) is 6.07. The van der Waals surface area contributed by atoms with Crippen molar-refractivity contribution in [3.05, 3.63) is 23.2 Å². The number of imidazole rings is 1.